The van der Waals surface area contributed by atoms with Crippen molar-refractivity contribution in [2.45, 2.75) is 31.6 Å². The molecule has 0 spiro atoms. The zero-order valence-corrected chi connectivity index (χ0v) is 11.3. The first-order valence-corrected chi connectivity index (χ1v) is 7.63. The van der Waals surface area contributed by atoms with Gasteiger partial charge in [-0.25, -0.2) is 8.42 Å². The summed E-state index contributed by atoms with van der Waals surface area (Å²) in [5.41, 5.74) is 0.589. The Morgan fingerprint density at radius 2 is 1.59 bits per heavy atom. The van der Waals surface area contributed by atoms with E-state index >= 15 is 0 Å². The van der Waals surface area contributed by atoms with Gasteiger partial charge in [-0.2, -0.15) is 0 Å². The first-order valence-electron chi connectivity index (χ1n) is 5.74. The van der Waals surface area contributed by atoms with Gasteiger partial charge in [-0.15, -0.1) is 0 Å². The van der Waals surface area contributed by atoms with Crippen LogP contribution in [0.15, 0.2) is 29.2 Å². The number of hydrogen-bond acceptors (Lipinski definition) is 3. The van der Waals surface area contributed by atoms with E-state index in [4.69, 9.17) is 0 Å². The number of benzene rings is 1. The number of hydrogen-bond donors (Lipinski definition) is 0. The van der Waals surface area contributed by atoms with Crippen LogP contribution in [0.3, 0.4) is 0 Å². The summed E-state index contributed by atoms with van der Waals surface area (Å²) < 4.78 is 22.6. The molecule has 0 amide bonds. The van der Waals surface area contributed by atoms with Gasteiger partial charge in [0, 0.05) is 17.7 Å². The van der Waals surface area contributed by atoms with Crippen molar-refractivity contribution in [1.29, 1.82) is 0 Å². The topological polar surface area (TPSA) is 51.2 Å². The molecule has 0 aliphatic heterocycles. The van der Waals surface area contributed by atoms with Gasteiger partial charge in [0.05, 0.1) is 4.90 Å². The molecule has 3 nitrogen and oxygen atoms in total. The van der Waals surface area contributed by atoms with E-state index in [1.807, 2.05) is 13.8 Å². The molecule has 0 heterocycles. The summed E-state index contributed by atoms with van der Waals surface area (Å²) in [6.45, 7) is 3.97. The summed E-state index contributed by atoms with van der Waals surface area (Å²) in [5, 5.41) is 0. The van der Waals surface area contributed by atoms with E-state index < -0.39 is 9.84 Å². The molecule has 0 aliphatic carbocycles. The van der Waals surface area contributed by atoms with Crippen molar-refractivity contribution in [1.82, 2.24) is 0 Å². The van der Waals surface area contributed by atoms with Crippen LogP contribution < -0.4 is 0 Å². The molecule has 0 bridgehead atoms. The lowest BCUT2D eigenvalue weighted by Crippen LogP contribution is -2.13. The van der Waals surface area contributed by atoms with Crippen molar-refractivity contribution < 1.29 is 13.2 Å². The lowest BCUT2D eigenvalue weighted by Gasteiger charge is -2.11. The van der Waals surface area contributed by atoms with Crippen LogP contribution in [0.4, 0.5) is 0 Å². The second-order valence-electron chi connectivity index (χ2n) is 4.17. The maximum atomic E-state index is 12.0. The van der Waals surface area contributed by atoms with Crippen molar-refractivity contribution in [3.05, 3.63) is 29.8 Å². The normalized spacial score (nSPS) is 11.8. The van der Waals surface area contributed by atoms with Crippen LogP contribution in [-0.2, 0) is 9.84 Å². The highest BCUT2D eigenvalue weighted by Crippen LogP contribution is 2.17. The Labute approximate surface area is 103 Å². The molecular formula is C13H18O3S. The highest BCUT2D eigenvalue weighted by atomic mass is 32.2. The highest BCUT2D eigenvalue weighted by Gasteiger charge is 2.16. The lowest BCUT2D eigenvalue weighted by molar-refractivity contribution is 0.0913. The first kappa shape index (κ1) is 13.9. The molecule has 1 aromatic rings. The maximum Gasteiger partial charge on any atom is 0.175 e. The van der Waals surface area contributed by atoms with Gasteiger partial charge in [-0.1, -0.05) is 26.0 Å². The maximum absolute atomic E-state index is 12.0. The highest BCUT2D eigenvalue weighted by molar-refractivity contribution is 7.90. The largest absolute Gasteiger partial charge is 0.294 e. The van der Waals surface area contributed by atoms with E-state index in [2.05, 4.69) is 0 Å². The Kier molecular flexibility index (Phi) is 4.46. The van der Waals surface area contributed by atoms with Crippen LogP contribution in [0.1, 0.15) is 37.0 Å². The van der Waals surface area contributed by atoms with Crippen LogP contribution in [0, 0.1) is 5.92 Å². The smallest absolute Gasteiger partial charge is 0.175 e. The van der Waals surface area contributed by atoms with Gasteiger partial charge in [0.2, 0.25) is 0 Å². The molecule has 0 atom stereocenters. The molecule has 0 aliphatic rings. The summed E-state index contributed by atoms with van der Waals surface area (Å²) in [4.78, 5) is 12.3. The third kappa shape index (κ3) is 3.40. The molecule has 17 heavy (non-hydrogen) atoms. The van der Waals surface area contributed by atoms with E-state index in [-0.39, 0.29) is 16.6 Å². The zero-order chi connectivity index (χ0) is 13.1. The van der Waals surface area contributed by atoms with Crippen molar-refractivity contribution in [2.24, 2.45) is 5.92 Å². The third-order valence-corrected chi connectivity index (χ3v) is 4.05. The van der Waals surface area contributed by atoms with Gasteiger partial charge in [-0.3, -0.25) is 4.79 Å². The number of ketones is 1. The molecule has 0 saturated heterocycles. The predicted octanol–water partition coefficient (Wildman–Crippen LogP) is 2.71. The third-order valence-electron chi connectivity index (χ3n) is 2.92. The molecule has 0 N–H and O–H groups in total. The summed E-state index contributed by atoms with van der Waals surface area (Å²) in [6, 6.07) is 6.17. The van der Waals surface area contributed by atoms with Crippen LogP contribution in [0.2, 0.25) is 0 Å². The number of Topliss-reactive ketones (excluding diaryl/α,β-unsaturated/α-hetero) is 1. The van der Waals surface area contributed by atoms with Crippen LogP contribution in [0.5, 0.6) is 0 Å². The molecule has 0 aromatic heterocycles. The SMILES string of the molecule is CCC(CC)C(=O)c1ccc(S(C)(=O)=O)cc1. The minimum Gasteiger partial charge on any atom is -0.294 e. The molecule has 1 rings (SSSR count). The Morgan fingerprint density at radius 3 is 1.94 bits per heavy atom. The molecule has 0 saturated carbocycles. The zero-order valence-electron chi connectivity index (χ0n) is 10.4. The van der Waals surface area contributed by atoms with E-state index in [0.29, 0.717) is 5.56 Å². The van der Waals surface area contributed by atoms with Crippen molar-refractivity contribution in [2.75, 3.05) is 6.26 Å². The van der Waals surface area contributed by atoms with E-state index in [9.17, 15) is 13.2 Å². The van der Waals surface area contributed by atoms with Gasteiger partial charge in [0.25, 0.3) is 0 Å². The summed E-state index contributed by atoms with van der Waals surface area (Å²) >= 11 is 0. The van der Waals surface area contributed by atoms with Gasteiger partial charge in [-0.05, 0) is 25.0 Å². The number of rotatable bonds is 5. The van der Waals surface area contributed by atoms with E-state index in [1.165, 1.54) is 12.1 Å². The quantitative estimate of drug-likeness (QED) is 0.759. The molecular weight excluding hydrogens is 236 g/mol. The van der Waals surface area contributed by atoms with E-state index in [1.54, 1.807) is 12.1 Å². The molecule has 0 radical (unpaired) electrons. The first-order chi connectivity index (χ1) is 7.90. The second-order valence-corrected chi connectivity index (χ2v) is 6.19. The van der Waals surface area contributed by atoms with Gasteiger partial charge < -0.3 is 0 Å². The summed E-state index contributed by atoms with van der Waals surface area (Å²) in [7, 11) is -3.19. The van der Waals surface area contributed by atoms with Crippen LogP contribution >= 0.6 is 0 Å². The van der Waals surface area contributed by atoms with E-state index in [0.717, 1.165) is 19.1 Å². The molecule has 4 heteroatoms. The molecule has 0 fully saturated rings. The molecule has 1 aromatic carbocycles. The van der Waals surface area contributed by atoms with Crippen LogP contribution in [-0.4, -0.2) is 20.5 Å². The average molecular weight is 254 g/mol. The minimum atomic E-state index is -3.19. The fourth-order valence-corrected chi connectivity index (χ4v) is 2.39. The average Bonchev–Trinajstić information content (AvgIpc) is 2.29. The fourth-order valence-electron chi connectivity index (χ4n) is 1.76. The number of sulfone groups is 1. The summed E-state index contributed by atoms with van der Waals surface area (Å²) in [5.74, 6) is 0.120. The number of carbonyl (C=O) groups excluding carboxylic acids is 1. The van der Waals surface area contributed by atoms with Crippen LogP contribution in [0.25, 0.3) is 0 Å². The van der Waals surface area contributed by atoms with Gasteiger partial charge in [0.15, 0.2) is 15.6 Å². The van der Waals surface area contributed by atoms with Crippen molar-refractivity contribution in [3.63, 3.8) is 0 Å². The van der Waals surface area contributed by atoms with Gasteiger partial charge >= 0.3 is 0 Å². The Hall–Kier alpha value is -1.16. The Morgan fingerprint density at radius 1 is 1.12 bits per heavy atom. The minimum absolute atomic E-state index is 0.0269. The monoisotopic (exact) mass is 254 g/mol. The van der Waals surface area contributed by atoms with Crippen molar-refractivity contribution >= 4 is 15.6 Å². The number of carbonyl (C=O) groups is 1. The second kappa shape index (κ2) is 5.45. The lowest BCUT2D eigenvalue weighted by atomic mass is 9.93. The predicted molar refractivity (Wildman–Crippen MR) is 68.0 cm³/mol. The standard InChI is InChI=1S/C13H18O3S/c1-4-10(5-2)13(14)11-6-8-12(9-7-11)17(3,15)16/h6-10H,4-5H2,1-3H3. The molecule has 94 valence electrons. The Balaban J connectivity index is 2.99. The fraction of sp³-hybridized carbons (Fsp3) is 0.462. The summed E-state index contributed by atoms with van der Waals surface area (Å²) in [6.07, 6.45) is 2.77. The van der Waals surface area contributed by atoms with Gasteiger partial charge in [0.1, 0.15) is 0 Å². The molecule has 0 unspecified atom stereocenters. The van der Waals surface area contributed by atoms with Crippen molar-refractivity contribution in [3.8, 4) is 0 Å². The Bertz CT molecular complexity index is 482.